The quantitative estimate of drug-likeness (QED) is 0.790. The van der Waals surface area contributed by atoms with Crippen LogP contribution in [0.5, 0.6) is 0 Å². The molecule has 1 N–H and O–H groups in total. The molecule has 2 aliphatic rings. The van der Waals surface area contributed by atoms with Crippen LogP contribution in [0.4, 0.5) is 13.2 Å². The van der Waals surface area contributed by atoms with Crippen molar-refractivity contribution in [3.8, 4) is 0 Å². The Kier molecular flexibility index (Phi) is 5.15. The van der Waals surface area contributed by atoms with Crippen molar-refractivity contribution in [1.29, 1.82) is 0 Å². The van der Waals surface area contributed by atoms with Crippen LogP contribution < -0.4 is 5.32 Å². The molecule has 0 radical (unpaired) electrons. The second kappa shape index (κ2) is 6.47. The van der Waals surface area contributed by atoms with E-state index in [4.69, 9.17) is 0 Å². The van der Waals surface area contributed by atoms with Crippen molar-refractivity contribution in [1.82, 2.24) is 5.32 Å². The lowest BCUT2D eigenvalue weighted by Gasteiger charge is -2.36. The molecule has 0 heterocycles. The maximum Gasteiger partial charge on any atom is 0.391 e. The third-order valence-corrected chi connectivity index (χ3v) is 5.02. The highest BCUT2D eigenvalue weighted by molar-refractivity contribution is 4.85. The maximum absolute atomic E-state index is 12.6. The molecule has 0 spiro atoms. The summed E-state index contributed by atoms with van der Waals surface area (Å²) in [6.45, 7) is 2.24. The zero-order chi connectivity index (χ0) is 13.9. The summed E-state index contributed by atoms with van der Waals surface area (Å²) < 4.78 is 37.8. The molecule has 0 bridgehead atoms. The molecule has 0 aliphatic heterocycles. The lowest BCUT2D eigenvalue weighted by molar-refractivity contribution is -0.182. The molecule has 19 heavy (non-hydrogen) atoms. The van der Waals surface area contributed by atoms with Gasteiger partial charge in [0.15, 0.2) is 0 Å². The van der Waals surface area contributed by atoms with Crippen molar-refractivity contribution < 1.29 is 13.2 Å². The topological polar surface area (TPSA) is 12.0 Å². The summed E-state index contributed by atoms with van der Waals surface area (Å²) in [6.07, 6.45) is 4.28. The molecule has 0 aromatic rings. The molecule has 2 aliphatic carbocycles. The highest BCUT2D eigenvalue weighted by Crippen LogP contribution is 2.38. The van der Waals surface area contributed by atoms with Crippen LogP contribution in [0.25, 0.3) is 0 Å². The first-order chi connectivity index (χ1) is 8.99. The maximum atomic E-state index is 12.6. The van der Waals surface area contributed by atoms with Gasteiger partial charge in [0.05, 0.1) is 5.92 Å². The summed E-state index contributed by atoms with van der Waals surface area (Å²) >= 11 is 0. The van der Waals surface area contributed by atoms with E-state index >= 15 is 0 Å². The predicted octanol–water partition coefficient (Wildman–Crippen LogP) is 4.67. The molecule has 0 amide bonds. The molecule has 0 aromatic carbocycles. The smallest absolute Gasteiger partial charge is 0.311 e. The summed E-state index contributed by atoms with van der Waals surface area (Å²) in [5.74, 6) is -0.238. The second-order valence-electron chi connectivity index (χ2n) is 6.39. The van der Waals surface area contributed by atoms with E-state index in [1.807, 2.05) is 0 Å². The minimum absolute atomic E-state index is 0.311. The van der Waals surface area contributed by atoms with E-state index in [-0.39, 0.29) is 0 Å². The number of alkyl halides is 3. The monoisotopic (exact) mass is 277 g/mol. The van der Waals surface area contributed by atoms with Crippen LogP contribution in [0.1, 0.15) is 64.7 Å². The molecule has 2 saturated carbocycles. The summed E-state index contributed by atoms with van der Waals surface area (Å²) in [4.78, 5) is 0. The number of nitrogens with one attached hydrogen (secondary N) is 1. The minimum Gasteiger partial charge on any atom is -0.311 e. The molecule has 0 aromatic heterocycles. The first-order valence-corrected chi connectivity index (χ1v) is 7.81. The van der Waals surface area contributed by atoms with Crippen molar-refractivity contribution in [3.05, 3.63) is 0 Å². The van der Waals surface area contributed by atoms with Crippen LogP contribution in [0.2, 0.25) is 0 Å². The number of halogens is 3. The Morgan fingerprint density at radius 1 is 0.947 bits per heavy atom. The van der Waals surface area contributed by atoms with Crippen molar-refractivity contribution >= 4 is 0 Å². The van der Waals surface area contributed by atoms with E-state index in [1.54, 1.807) is 0 Å². The second-order valence-corrected chi connectivity index (χ2v) is 6.39. The fourth-order valence-corrected chi connectivity index (χ4v) is 3.73. The lowest BCUT2D eigenvalue weighted by Crippen LogP contribution is -2.44. The number of hydrogen-bond donors (Lipinski definition) is 1. The summed E-state index contributed by atoms with van der Waals surface area (Å²) in [7, 11) is 0. The third-order valence-electron chi connectivity index (χ3n) is 5.02. The van der Waals surface area contributed by atoms with Gasteiger partial charge in [0.2, 0.25) is 0 Å². The highest BCUT2D eigenvalue weighted by Gasteiger charge is 2.41. The Morgan fingerprint density at radius 2 is 1.63 bits per heavy atom. The van der Waals surface area contributed by atoms with Gasteiger partial charge in [0.1, 0.15) is 0 Å². The summed E-state index contributed by atoms with van der Waals surface area (Å²) in [5, 5.41) is 3.63. The third kappa shape index (κ3) is 4.37. The van der Waals surface area contributed by atoms with Crippen molar-refractivity contribution in [2.24, 2.45) is 11.8 Å². The SMILES string of the molecule is CCC1CCCC(NC2CCC(C(F)(F)F)CC2)C1. The minimum atomic E-state index is -3.98. The van der Waals surface area contributed by atoms with Gasteiger partial charge >= 0.3 is 6.18 Å². The van der Waals surface area contributed by atoms with Gasteiger partial charge in [-0.3, -0.25) is 0 Å². The van der Waals surface area contributed by atoms with Crippen LogP contribution in [0.15, 0.2) is 0 Å². The standard InChI is InChI=1S/C15H26F3N/c1-2-11-4-3-5-14(10-11)19-13-8-6-12(7-9-13)15(16,17)18/h11-14,19H,2-10H2,1H3. The zero-order valence-electron chi connectivity index (χ0n) is 11.8. The van der Waals surface area contributed by atoms with Crippen LogP contribution in [-0.4, -0.2) is 18.3 Å². The first-order valence-electron chi connectivity index (χ1n) is 7.81. The van der Waals surface area contributed by atoms with Crippen molar-refractivity contribution in [3.63, 3.8) is 0 Å². The van der Waals surface area contributed by atoms with Gasteiger partial charge in [-0.05, 0) is 44.4 Å². The lowest BCUT2D eigenvalue weighted by atomic mass is 9.81. The first kappa shape index (κ1) is 15.1. The Morgan fingerprint density at radius 3 is 2.21 bits per heavy atom. The Balaban J connectivity index is 1.73. The molecular formula is C15H26F3N. The predicted molar refractivity (Wildman–Crippen MR) is 71.0 cm³/mol. The zero-order valence-corrected chi connectivity index (χ0v) is 11.8. The van der Waals surface area contributed by atoms with Gasteiger partial charge in [-0.1, -0.05) is 26.2 Å². The van der Waals surface area contributed by atoms with E-state index < -0.39 is 12.1 Å². The van der Waals surface area contributed by atoms with E-state index in [2.05, 4.69) is 12.2 Å². The largest absolute Gasteiger partial charge is 0.391 e. The van der Waals surface area contributed by atoms with Gasteiger partial charge in [0.25, 0.3) is 0 Å². The molecule has 2 rings (SSSR count). The van der Waals surface area contributed by atoms with Crippen molar-refractivity contribution in [2.75, 3.05) is 0 Å². The van der Waals surface area contributed by atoms with Gasteiger partial charge < -0.3 is 5.32 Å². The van der Waals surface area contributed by atoms with Gasteiger partial charge in [-0.2, -0.15) is 13.2 Å². The van der Waals surface area contributed by atoms with E-state index in [0.29, 0.717) is 37.8 Å². The molecule has 1 nitrogen and oxygen atoms in total. The normalized spacial score (nSPS) is 37.3. The average Bonchev–Trinajstić information content (AvgIpc) is 2.38. The van der Waals surface area contributed by atoms with E-state index in [9.17, 15) is 13.2 Å². The van der Waals surface area contributed by atoms with Crippen LogP contribution >= 0.6 is 0 Å². The molecular weight excluding hydrogens is 251 g/mol. The van der Waals surface area contributed by atoms with Crippen LogP contribution in [0, 0.1) is 11.8 Å². The van der Waals surface area contributed by atoms with Gasteiger partial charge in [-0.25, -0.2) is 0 Å². The van der Waals surface area contributed by atoms with Crippen molar-refractivity contribution in [2.45, 2.75) is 83.0 Å². The number of rotatable bonds is 3. The Bertz CT molecular complexity index is 269. The average molecular weight is 277 g/mol. The Labute approximate surface area is 114 Å². The number of hydrogen-bond acceptors (Lipinski definition) is 1. The fourth-order valence-electron chi connectivity index (χ4n) is 3.73. The van der Waals surface area contributed by atoms with E-state index in [0.717, 1.165) is 5.92 Å². The van der Waals surface area contributed by atoms with Gasteiger partial charge in [0, 0.05) is 12.1 Å². The van der Waals surface area contributed by atoms with E-state index in [1.165, 1.54) is 32.1 Å². The van der Waals surface area contributed by atoms with Crippen LogP contribution in [-0.2, 0) is 0 Å². The van der Waals surface area contributed by atoms with Crippen LogP contribution in [0.3, 0.4) is 0 Å². The molecule has 4 heteroatoms. The Hall–Kier alpha value is -0.250. The van der Waals surface area contributed by atoms with Gasteiger partial charge in [-0.15, -0.1) is 0 Å². The summed E-state index contributed by atoms with van der Waals surface area (Å²) in [6, 6.07) is 0.866. The highest BCUT2D eigenvalue weighted by atomic mass is 19.4. The molecule has 112 valence electrons. The fraction of sp³-hybridized carbons (Fsp3) is 1.00. The molecule has 2 unspecified atom stereocenters. The summed E-state index contributed by atoms with van der Waals surface area (Å²) in [5.41, 5.74) is 0. The molecule has 2 fully saturated rings. The molecule has 0 saturated heterocycles. The molecule has 2 atom stereocenters.